The van der Waals surface area contributed by atoms with Gasteiger partial charge in [-0.2, -0.15) is 0 Å². The van der Waals surface area contributed by atoms with Crippen LogP contribution in [0, 0.1) is 0 Å². The first kappa shape index (κ1) is 13.7. The maximum atomic E-state index is 11.3. The normalized spacial score (nSPS) is 12.1. The van der Waals surface area contributed by atoms with E-state index in [-0.39, 0.29) is 13.0 Å². The van der Waals surface area contributed by atoms with E-state index in [1.807, 2.05) is 30.3 Å². The van der Waals surface area contributed by atoms with E-state index in [4.69, 9.17) is 15.6 Å². The summed E-state index contributed by atoms with van der Waals surface area (Å²) in [5, 5.41) is 8.62. The molecule has 0 radical (unpaired) electrons. The molecule has 3 N–H and O–H groups in total. The fraction of sp³-hybridized carbons (Fsp3) is 0.462. The lowest BCUT2D eigenvalue weighted by atomic mass is 10.1. The average Bonchev–Trinajstić information content (AvgIpc) is 2.36. The first-order chi connectivity index (χ1) is 8.24. The predicted molar refractivity (Wildman–Crippen MR) is 65.4 cm³/mol. The van der Waals surface area contributed by atoms with Gasteiger partial charge in [-0.25, -0.2) is 0 Å². The number of carbonyl (C=O) groups excluding carboxylic acids is 1. The van der Waals surface area contributed by atoms with E-state index >= 15 is 0 Å². The van der Waals surface area contributed by atoms with Gasteiger partial charge in [0.15, 0.2) is 0 Å². The monoisotopic (exact) mass is 237 g/mol. The van der Waals surface area contributed by atoms with Crippen LogP contribution in [-0.4, -0.2) is 30.3 Å². The number of carbonyl (C=O) groups is 1. The number of hydrogen-bond acceptors (Lipinski definition) is 4. The molecule has 94 valence electrons. The van der Waals surface area contributed by atoms with Crippen LogP contribution in [0.1, 0.15) is 18.4 Å². The van der Waals surface area contributed by atoms with Crippen molar-refractivity contribution in [3.63, 3.8) is 0 Å². The zero-order chi connectivity index (χ0) is 12.5. The first-order valence-corrected chi connectivity index (χ1v) is 5.81. The smallest absolute Gasteiger partial charge is 0.322 e. The molecule has 1 atom stereocenters. The van der Waals surface area contributed by atoms with Crippen molar-refractivity contribution >= 4 is 5.97 Å². The Morgan fingerprint density at radius 2 is 2.06 bits per heavy atom. The maximum Gasteiger partial charge on any atom is 0.322 e. The molecule has 4 heteroatoms. The second-order valence-corrected chi connectivity index (χ2v) is 3.88. The van der Waals surface area contributed by atoms with Crippen LogP contribution in [0.5, 0.6) is 0 Å². The van der Waals surface area contributed by atoms with Crippen molar-refractivity contribution in [2.45, 2.75) is 25.3 Å². The molecule has 0 fully saturated rings. The van der Waals surface area contributed by atoms with E-state index in [1.54, 1.807) is 0 Å². The van der Waals surface area contributed by atoms with Crippen LogP contribution in [-0.2, 0) is 16.0 Å². The van der Waals surface area contributed by atoms with Gasteiger partial charge >= 0.3 is 5.97 Å². The molecule has 4 nitrogen and oxygen atoms in total. The zero-order valence-corrected chi connectivity index (χ0v) is 9.84. The molecule has 1 aromatic rings. The van der Waals surface area contributed by atoms with Crippen LogP contribution in [0.15, 0.2) is 30.3 Å². The van der Waals surface area contributed by atoms with E-state index in [9.17, 15) is 4.79 Å². The Bertz CT molecular complexity index is 327. The molecule has 0 saturated heterocycles. The largest absolute Gasteiger partial charge is 0.465 e. The predicted octanol–water partition coefficient (Wildman–Crippen LogP) is 0.872. The van der Waals surface area contributed by atoms with Crippen molar-refractivity contribution in [3.05, 3.63) is 35.9 Å². The lowest BCUT2D eigenvalue weighted by molar-refractivity contribution is -0.145. The molecule has 0 aliphatic heterocycles. The van der Waals surface area contributed by atoms with Gasteiger partial charge in [0.05, 0.1) is 6.61 Å². The van der Waals surface area contributed by atoms with Gasteiger partial charge in [-0.3, -0.25) is 4.79 Å². The van der Waals surface area contributed by atoms with E-state index < -0.39 is 12.0 Å². The summed E-state index contributed by atoms with van der Waals surface area (Å²) in [7, 11) is 0. The Kier molecular flexibility index (Phi) is 6.29. The standard InChI is InChI=1S/C13H19NO3/c14-12(8-9-15)13(16)17-10-4-7-11-5-2-1-3-6-11/h1-3,5-6,12,15H,4,7-10,14H2. The summed E-state index contributed by atoms with van der Waals surface area (Å²) >= 11 is 0. The van der Waals surface area contributed by atoms with Gasteiger partial charge < -0.3 is 15.6 Å². The second-order valence-electron chi connectivity index (χ2n) is 3.88. The number of aliphatic hydroxyl groups is 1. The number of nitrogens with two attached hydrogens (primary N) is 1. The van der Waals surface area contributed by atoms with Gasteiger partial charge in [0, 0.05) is 6.61 Å². The molecule has 0 bridgehead atoms. The van der Waals surface area contributed by atoms with Gasteiger partial charge in [-0.15, -0.1) is 0 Å². The van der Waals surface area contributed by atoms with E-state index in [2.05, 4.69) is 0 Å². The third-order valence-corrected chi connectivity index (χ3v) is 2.44. The van der Waals surface area contributed by atoms with Gasteiger partial charge in [-0.05, 0) is 24.8 Å². The molecule has 1 rings (SSSR count). The number of benzene rings is 1. The third kappa shape index (κ3) is 5.47. The molecule has 0 saturated carbocycles. The van der Waals surface area contributed by atoms with Crippen molar-refractivity contribution in [3.8, 4) is 0 Å². The molecule has 0 aliphatic rings. The molecular formula is C13H19NO3. The summed E-state index contributed by atoms with van der Waals surface area (Å²) in [6.07, 6.45) is 1.91. The third-order valence-electron chi connectivity index (χ3n) is 2.44. The summed E-state index contributed by atoms with van der Waals surface area (Å²) in [6, 6.07) is 9.31. The molecule has 17 heavy (non-hydrogen) atoms. The Labute approximate surface area is 101 Å². The molecule has 1 aromatic carbocycles. The average molecular weight is 237 g/mol. The summed E-state index contributed by atoms with van der Waals surface area (Å²) < 4.78 is 5.00. The Morgan fingerprint density at radius 1 is 1.35 bits per heavy atom. The fourth-order valence-electron chi connectivity index (χ4n) is 1.46. The number of ether oxygens (including phenoxy) is 1. The minimum atomic E-state index is -0.711. The minimum Gasteiger partial charge on any atom is -0.465 e. The number of rotatable bonds is 7. The summed E-state index contributed by atoms with van der Waals surface area (Å²) in [6.45, 7) is 0.271. The highest BCUT2D eigenvalue weighted by molar-refractivity contribution is 5.75. The van der Waals surface area contributed by atoms with Crippen molar-refractivity contribution in [2.75, 3.05) is 13.2 Å². The zero-order valence-electron chi connectivity index (χ0n) is 9.84. The number of esters is 1. The van der Waals surface area contributed by atoms with Crippen LogP contribution in [0.4, 0.5) is 0 Å². The number of aliphatic hydroxyl groups excluding tert-OH is 1. The maximum absolute atomic E-state index is 11.3. The Hall–Kier alpha value is -1.39. The number of aryl methyl sites for hydroxylation is 1. The highest BCUT2D eigenvalue weighted by Crippen LogP contribution is 2.02. The second kappa shape index (κ2) is 7.81. The van der Waals surface area contributed by atoms with Crippen molar-refractivity contribution in [2.24, 2.45) is 5.73 Å². The number of hydrogen-bond donors (Lipinski definition) is 2. The highest BCUT2D eigenvalue weighted by atomic mass is 16.5. The van der Waals surface area contributed by atoms with Crippen LogP contribution >= 0.6 is 0 Å². The highest BCUT2D eigenvalue weighted by Gasteiger charge is 2.13. The molecule has 0 aromatic heterocycles. The molecule has 0 aliphatic carbocycles. The molecule has 0 heterocycles. The van der Waals surface area contributed by atoms with Crippen LogP contribution in [0.3, 0.4) is 0 Å². The lowest BCUT2D eigenvalue weighted by Gasteiger charge is -2.09. The summed E-state index contributed by atoms with van der Waals surface area (Å²) in [5.41, 5.74) is 6.71. The lowest BCUT2D eigenvalue weighted by Crippen LogP contribution is -2.33. The van der Waals surface area contributed by atoms with Crippen molar-refractivity contribution in [1.29, 1.82) is 0 Å². The molecule has 0 amide bonds. The Balaban J connectivity index is 2.14. The van der Waals surface area contributed by atoms with Crippen molar-refractivity contribution < 1.29 is 14.6 Å². The summed E-state index contributed by atoms with van der Waals surface area (Å²) in [5.74, 6) is -0.438. The Morgan fingerprint density at radius 3 is 2.71 bits per heavy atom. The van der Waals surface area contributed by atoms with Gasteiger partial charge in [0.25, 0.3) is 0 Å². The van der Waals surface area contributed by atoms with Gasteiger partial charge in [0.1, 0.15) is 6.04 Å². The molecule has 0 spiro atoms. The van der Waals surface area contributed by atoms with Gasteiger partial charge in [0.2, 0.25) is 0 Å². The SMILES string of the molecule is NC(CCO)C(=O)OCCCc1ccccc1. The van der Waals surface area contributed by atoms with Crippen LogP contribution in [0.2, 0.25) is 0 Å². The first-order valence-electron chi connectivity index (χ1n) is 5.81. The van der Waals surface area contributed by atoms with Crippen LogP contribution in [0.25, 0.3) is 0 Å². The van der Waals surface area contributed by atoms with E-state index in [0.717, 1.165) is 12.8 Å². The molecule has 1 unspecified atom stereocenters. The van der Waals surface area contributed by atoms with E-state index in [1.165, 1.54) is 5.56 Å². The fourth-order valence-corrected chi connectivity index (χ4v) is 1.46. The van der Waals surface area contributed by atoms with Gasteiger partial charge in [-0.1, -0.05) is 30.3 Å². The molecular weight excluding hydrogens is 218 g/mol. The quantitative estimate of drug-likeness (QED) is 0.545. The van der Waals surface area contributed by atoms with E-state index in [0.29, 0.717) is 6.61 Å². The van der Waals surface area contributed by atoms with Crippen molar-refractivity contribution in [1.82, 2.24) is 0 Å². The summed E-state index contributed by atoms with van der Waals surface area (Å²) in [4.78, 5) is 11.3. The van der Waals surface area contributed by atoms with Crippen LogP contribution < -0.4 is 5.73 Å². The topological polar surface area (TPSA) is 72.5 Å². The minimum absolute atomic E-state index is 0.0969.